The number of amides is 2. The summed E-state index contributed by atoms with van der Waals surface area (Å²) >= 11 is 6.27. The third-order valence-electron chi connectivity index (χ3n) is 5.40. The van der Waals surface area contributed by atoms with Crippen LogP contribution in [0.4, 0.5) is 11.4 Å². The number of nitrogens with zero attached hydrogens (tertiary/aromatic N) is 1. The van der Waals surface area contributed by atoms with Gasteiger partial charge in [0.15, 0.2) is 0 Å². The van der Waals surface area contributed by atoms with Crippen LogP contribution in [-0.2, 0) is 9.59 Å². The molecule has 3 aromatic rings. The van der Waals surface area contributed by atoms with Gasteiger partial charge in [0, 0.05) is 10.7 Å². The van der Waals surface area contributed by atoms with Crippen molar-refractivity contribution in [3.8, 4) is 0 Å². The second kappa shape index (κ2) is 7.81. The first-order valence-corrected chi connectivity index (χ1v) is 10.0. The predicted octanol–water partition coefficient (Wildman–Crippen LogP) is 5.66. The first-order valence-electron chi connectivity index (χ1n) is 9.66. The molecule has 1 aliphatic heterocycles. The monoisotopic (exact) mass is 416 g/mol. The molecule has 1 heterocycles. The molecular formula is C25H21ClN2O2. The van der Waals surface area contributed by atoms with E-state index in [1.165, 1.54) is 4.90 Å². The molecule has 30 heavy (non-hydrogen) atoms. The number of aryl methyl sites for hydroxylation is 2. The van der Waals surface area contributed by atoms with Crippen molar-refractivity contribution in [3.05, 3.63) is 99.7 Å². The molecule has 0 saturated heterocycles. The highest BCUT2D eigenvalue weighted by atomic mass is 35.5. The van der Waals surface area contributed by atoms with E-state index in [1.54, 1.807) is 25.1 Å². The van der Waals surface area contributed by atoms with E-state index in [4.69, 9.17) is 11.6 Å². The van der Waals surface area contributed by atoms with E-state index in [1.807, 2.05) is 62.4 Å². The van der Waals surface area contributed by atoms with Crippen LogP contribution in [0, 0.1) is 20.8 Å². The van der Waals surface area contributed by atoms with Crippen LogP contribution in [-0.4, -0.2) is 11.8 Å². The molecule has 4 rings (SSSR count). The Hall–Kier alpha value is -3.37. The van der Waals surface area contributed by atoms with Crippen LogP contribution in [0.3, 0.4) is 0 Å². The molecule has 150 valence electrons. The zero-order valence-electron chi connectivity index (χ0n) is 17.0. The summed E-state index contributed by atoms with van der Waals surface area (Å²) in [7, 11) is 0. The highest BCUT2D eigenvalue weighted by molar-refractivity contribution is 6.46. The van der Waals surface area contributed by atoms with Crippen LogP contribution in [0.5, 0.6) is 0 Å². The maximum Gasteiger partial charge on any atom is 0.282 e. The van der Waals surface area contributed by atoms with Gasteiger partial charge in [0.25, 0.3) is 11.8 Å². The van der Waals surface area contributed by atoms with Gasteiger partial charge in [-0.25, -0.2) is 4.90 Å². The van der Waals surface area contributed by atoms with Crippen molar-refractivity contribution in [1.29, 1.82) is 0 Å². The van der Waals surface area contributed by atoms with Crippen molar-refractivity contribution in [2.75, 3.05) is 10.2 Å². The molecule has 0 aliphatic carbocycles. The van der Waals surface area contributed by atoms with Crippen LogP contribution in [0.15, 0.2) is 72.4 Å². The number of rotatable bonds is 4. The van der Waals surface area contributed by atoms with E-state index >= 15 is 0 Å². The molecule has 1 aliphatic rings. The average molecular weight is 417 g/mol. The van der Waals surface area contributed by atoms with Crippen LogP contribution in [0.1, 0.15) is 22.3 Å². The molecule has 4 nitrogen and oxygen atoms in total. The summed E-state index contributed by atoms with van der Waals surface area (Å²) in [5, 5.41) is 3.68. The van der Waals surface area contributed by atoms with E-state index in [0.717, 1.165) is 16.8 Å². The molecule has 0 spiro atoms. The minimum absolute atomic E-state index is 0.258. The average Bonchev–Trinajstić information content (AvgIpc) is 2.97. The highest BCUT2D eigenvalue weighted by Gasteiger charge is 2.41. The number of benzene rings is 3. The minimum Gasteiger partial charge on any atom is -0.350 e. The van der Waals surface area contributed by atoms with Gasteiger partial charge in [-0.15, -0.1) is 0 Å². The second-order valence-corrected chi connectivity index (χ2v) is 7.78. The molecule has 3 aromatic carbocycles. The van der Waals surface area contributed by atoms with Crippen LogP contribution < -0.4 is 10.2 Å². The largest absolute Gasteiger partial charge is 0.350 e. The number of carbonyl (C=O) groups excluding carboxylic acids is 2. The molecule has 5 heteroatoms. The summed E-state index contributed by atoms with van der Waals surface area (Å²) in [5.41, 5.74) is 5.40. The summed E-state index contributed by atoms with van der Waals surface area (Å²) in [6, 6.07) is 20.4. The number of halogens is 1. The van der Waals surface area contributed by atoms with E-state index in [9.17, 15) is 9.59 Å². The minimum atomic E-state index is -0.401. The summed E-state index contributed by atoms with van der Waals surface area (Å²) in [6.45, 7) is 5.81. The Morgan fingerprint density at radius 2 is 1.53 bits per heavy atom. The quantitative estimate of drug-likeness (QED) is 0.558. The number of hydrogen-bond donors (Lipinski definition) is 1. The topological polar surface area (TPSA) is 49.4 Å². The highest BCUT2D eigenvalue weighted by Crippen LogP contribution is 2.37. The Bertz CT molecular complexity index is 1200. The summed E-state index contributed by atoms with van der Waals surface area (Å²) in [6.07, 6.45) is 0. The molecule has 0 bridgehead atoms. The smallest absolute Gasteiger partial charge is 0.282 e. The molecule has 2 amide bonds. The van der Waals surface area contributed by atoms with Gasteiger partial charge in [-0.05, 0) is 67.3 Å². The van der Waals surface area contributed by atoms with Gasteiger partial charge in [-0.2, -0.15) is 0 Å². The lowest BCUT2D eigenvalue weighted by molar-refractivity contribution is -0.120. The number of imide groups is 1. The third kappa shape index (κ3) is 3.40. The first kappa shape index (κ1) is 19.9. The van der Waals surface area contributed by atoms with Gasteiger partial charge in [0.1, 0.15) is 5.70 Å². The number of nitrogens with one attached hydrogen (secondary N) is 1. The fourth-order valence-corrected chi connectivity index (χ4v) is 3.70. The SMILES string of the molecule is Cc1ccc(C2=C(Nc3ccccc3)C(=O)N(c3cccc(Cl)c3C)C2=O)cc1C. The standard InChI is InChI=1S/C25H21ClN2O2/c1-15-12-13-18(14-16(15)2)22-23(27-19-8-5-4-6-9-19)25(30)28(24(22)29)21-11-7-10-20(26)17(21)3/h4-14,27H,1-3H3. The van der Waals surface area contributed by atoms with Crippen LogP contribution in [0.2, 0.25) is 5.02 Å². The zero-order valence-corrected chi connectivity index (χ0v) is 17.7. The van der Waals surface area contributed by atoms with Gasteiger partial charge < -0.3 is 5.32 Å². The maximum atomic E-state index is 13.5. The number of anilines is 2. The van der Waals surface area contributed by atoms with Gasteiger partial charge in [0.2, 0.25) is 0 Å². The Kier molecular flexibility index (Phi) is 5.18. The van der Waals surface area contributed by atoms with Crippen molar-refractivity contribution < 1.29 is 9.59 Å². The maximum absolute atomic E-state index is 13.5. The molecule has 0 saturated carbocycles. The molecule has 1 N–H and O–H groups in total. The van der Waals surface area contributed by atoms with Crippen molar-refractivity contribution in [1.82, 2.24) is 0 Å². The normalized spacial score (nSPS) is 13.9. The fraction of sp³-hybridized carbons (Fsp3) is 0.120. The van der Waals surface area contributed by atoms with Crippen molar-refractivity contribution in [2.45, 2.75) is 20.8 Å². The van der Waals surface area contributed by atoms with Gasteiger partial charge in [-0.3, -0.25) is 9.59 Å². The summed E-state index contributed by atoms with van der Waals surface area (Å²) < 4.78 is 0. The van der Waals surface area contributed by atoms with E-state index in [-0.39, 0.29) is 11.6 Å². The Morgan fingerprint density at radius 1 is 0.800 bits per heavy atom. The van der Waals surface area contributed by atoms with Crippen LogP contribution in [0.25, 0.3) is 5.57 Å². The van der Waals surface area contributed by atoms with E-state index < -0.39 is 5.91 Å². The molecule has 0 unspecified atom stereocenters. The zero-order chi connectivity index (χ0) is 21.4. The number of para-hydroxylation sites is 1. The lowest BCUT2D eigenvalue weighted by atomic mass is 9.99. The number of carbonyl (C=O) groups is 2. The third-order valence-corrected chi connectivity index (χ3v) is 5.81. The van der Waals surface area contributed by atoms with Gasteiger partial charge in [-0.1, -0.05) is 54.1 Å². The van der Waals surface area contributed by atoms with Crippen LogP contribution >= 0.6 is 11.6 Å². The summed E-state index contributed by atoms with van der Waals surface area (Å²) in [4.78, 5) is 28.2. The Labute approximate surface area is 180 Å². The second-order valence-electron chi connectivity index (χ2n) is 7.37. The predicted molar refractivity (Wildman–Crippen MR) is 122 cm³/mol. The molecule has 0 fully saturated rings. The molecule has 0 atom stereocenters. The lowest BCUT2D eigenvalue weighted by Gasteiger charge is -2.18. The van der Waals surface area contributed by atoms with Crippen molar-refractivity contribution in [2.24, 2.45) is 0 Å². The fourth-order valence-electron chi connectivity index (χ4n) is 3.53. The van der Waals surface area contributed by atoms with E-state index in [0.29, 0.717) is 27.4 Å². The van der Waals surface area contributed by atoms with Crippen molar-refractivity contribution in [3.63, 3.8) is 0 Å². The lowest BCUT2D eigenvalue weighted by Crippen LogP contribution is -2.33. The molecular weight excluding hydrogens is 396 g/mol. The molecule has 0 aromatic heterocycles. The Balaban J connectivity index is 1.88. The summed E-state index contributed by atoms with van der Waals surface area (Å²) in [5.74, 6) is -0.769. The first-order chi connectivity index (χ1) is 14.4. The van der Waals surface area contributed by atoms with Gasteiger partial charge >= 0.3 is 0 Å². The molecule has 0 radical (unpaired) electrons. The van der Waals surface area contributed by atoms with E-state index in [2.05, 4.69) is 5.32 Å². The van der Waals surface area contributed by atoms with Crippen molar-refractivity contribution >= 4 is 40.4 Å². The van der Waals surface area contributed by atoms with Gasteiger partial charge in [0.05, 0.1) is 11.3 Å². The Morgan fingerprint density at radius 3 is 2.23 bits per heavy atom. The number of hydrogen-bond acceptors (Lipinski definition) is 3.